The molecule has 0 aliphatic heterocycles. The number of esters is 1. The molecule has 4 aliphatic rings. The highest BCUT2D eigenvalue weighted by molar-refractivity contribution is 5.81. The lowest BCUT2D eigenvalue weighted by atomic mass is 9.64. The lowest BCUT2D eigenvalue weighted by Crippen LogP contribution is -2.48. The predicted octanol–water partition coefficient (Wildman–Crippen LogP) is 2.54. The molecule has 0 amide bonds. The lowest BCUT2D eigenvalue weighted by Gasteiger charge is -2.46. The van der Waals surface area contributed by atoms with E-state index >= 15 is 0 Å². The highest BCUT2D eigenvalue weighted by Gasteiger charge is 2.69. The van der Waals surface area contributed by atoms with Crippen LogP contribution in [-0.4, -0.2) is 22.8 Å². The maximum atomic E-state index is 11.7. The first-order valence-corrected chi connectivity index (χ1v) is 8.13. The van der Waals surface area contributed by atoms with Crippen LogP contribution in [0.3, 0.4) is 0 Å². The Morgan fingerprint density at radius 1 is 1.35 bits per heavy atom. The molecule has 0 radical (unpaired) electrons. The maximum Gasteiger partial charge on any atom is 0.330 e. The number of ether oxygens (including phenoxy) is 1. The first kappa shape index (κ1) is 12.9. The average Bonchev–Trinajstić information content (AvgIpc) is 3.14. The van der Waals surface area contributed by atoms with Gasteiger partial charge in [0.1, 0.15) is 5.60 Å². The summed E-state index contributed by atoms with van der Waals surface area (Å²) in [5.74, 6) is 3.52. The minimum absolute atomic E-state index is 0.0626. The second-order valence-electron chi connectivity index (χ2n) is 7.47. The first-order chi connectivity index (χ1) is 9.59. The minimum Gasteiger partial charge on any atom is -0.456 e. The molecule has 0 heterocycles. The predicted molar refractivity (Wildman–Crippen MR) is 74.7 cm³/mol. The van der Waals surface area contributed by atoms with Crippen molar-refractivity contribution in [2.24, 2.45) is 35.5 Å². The summed E-state index contributed by atoms with van der Waals surface area (Å²) >= 11 is 0. The number of aliphatic hydroxyl groups excluding tert-OH is 1. The fourth-order valence-electron chi connectivity index (χ4n) is 6.53. The molecular formula is C17H24O3. The van der Waals surface area contributed by atoms with E-state index in [9.17, 15) is 9.90 Å². The van der Waals surface area contributed by atoms with Gasteiger partial charge in [-0.1, -0.05) is 13.5 Å². The summed E-state index contributed by atoms with van der Waals surface area (Å²) in [7, 11) is 0. The summed E-state index contributed by atoms with van der Waals surface area (Å²) in [5, 5.41) is 10.2. The second kappa shape index (κ2) is 4.09. The number of hydrogen-bond acceptors (Lipinski definition) is 3. The van der Waals surface area contributed by atoms with Crippen LogP contribution >= 0.6 is 0 Å². The molecule has 4 aliphatic carbocycles. The van der Waals surface area contributed by atoms with Crippen molar-refractivity contribution >= 4 is 5.97 Å². The number of carbonyl (C=O) groups is 1. The van der Waals surface area contributed by atoms with Crippen molar-refractivity contribution in [1.29, 1.82) is 0 Å². The van der Waals surface area contributed by atoms with Crippen LogP contribution in [0.4, 0.5) is 0 Å². The van der Waals surface area contributed by atoms with E-state index < -0.39 is 0 Å². The van der Waals surface area contributed by atoms with Crippen LogP contribution in [0.2, 0.25) is 0 Å². The third-order valence-corrected chi connectivity index (χ3v) is 7.01. The molecule has 20 heavy (non-hydrogen) atoms. The zero-order valence-electron chi connectivity index (χ0n) is 12.1. The normalized spacial score (nSPS) is 55.0. The van der Waals surface area contributed by atoms with Gasteiger partial charge in [-0.2, -0.15) is 0 Å². The Bertz CT molecular complexity index is 459. The van der Waals surface area contributed by atoms with E-state index in [-0.39, 0.29) is 17.7 Å². The van der Waals surface area contributed by atoms with Gasteiger partial charge in [0.15, 0.2) is 0 Å². The molecule has 0 spiro atoms. The van der Waals surface area contributed by atoms with Crippen LogP contribution in [0.25, 0.3) is 0 Å². The van der Waals surface area contributed by atoms with Gasteiger partial charge in [-0.25, -0.2) is 4.79 Å². The monoisotopic (exact) mass is 276 g/mol. The number of aliphatic hydroxyl groups is 1. The number of hydrogen-bond donors (Lipinski definition) is 1. The van der Waals surface area contributed by atoms with Crippen molar-refractivity contribution in [2.45, 2.75) is 50.7 Å². The molecular weight excluding hydrogens is 252 g/mol. The van der Waals surface area contributed by atoms with E-state index in [1.165, 1.54) is 18.9 Å². The average molecular weight is 276 g/mol. The summed E-state index contributed by atoms with van der Waals surface area (Å²) < 4.78 is 5.85. The Hall–Kier alpha value is -0.830. The van der Waals surface area contributed by atoms with Crippen molar-refractivity contribution in [3.8, 4) is 0 Å². The molecule has 0 saturated heterocycles. The summed E-state index contributed by atoms with van der Waals surface area (Å²) in [5.41, 5.74) is -0.244. The fourth-order valence-corrected chi connectivity index (χ4v) is 6.53. The topological polar surface area (TPSA) is 46.5 Å². The third kappa shape index (κ3) is 1.42. The molecule has 3 heteroatoms. The molecule has 110 valence electrons. The molecule has 0 aromatic heterocycles. The fraction of sp³-hybridized carbons (Fsp3) is 0.824. The van der Waals surface area contributed by atoms with Gasteiger partial charge in [0.25, 0.3) is 0 Å². The van der Waals surface area contributed by atoms with Crippen LogP contribution in [0.15, 0.2) is 12.7 Å². The van der Waals surface area contributed by atoms with Gasteiger partial charge >= 0.3 is 5.97 Å². The van der Waals surface area contributed by atoms with Crippen molar-refractivity contribution in [2.75, 3.05) is 0 Å². The summed E-state index contributed by atoms with van der Waals surface area (Å²) in [6, 6.07) is 0. The van der Waals surface area contributed by atoms with Gasteiger partial charge < -0.3 is 9.84 Å². The number of fused-ring (bicyclic) bond motifs is 9. The smallest absolute Gasteiger partial charge is 0.330 e. The van der Waals surface area contributed by atoms with Crippen LogP contribution in [0, 0.1) is 35.5 Å². The van der Waals surface area contributed by atoms with Crippen LogP contribution in [0.5, 0.6) is 0 Å². The molecule has 3 nitrogen and oxygen atoms in total. The van der Waals surface area contributed by atoms with E-state index in [1.54, 1.807) is 0 Å². The van der Waals surface area contributed by atoms with E-state index in [4.69, 9.17) is 4.74 Å². The van der Waals surface area contributed by atoms with Crippen LogP contribution in [-0.2, 0) is 9.53 Å². The number of rotatable bonds is 3. The van der Waals surface area contributed by atoms with E-state index in [2.05, 4.69) is 13.5 Å². The van der Waals surface area contributed by atoms with E-state index in [0.717, 1.165) is 19.3 Å². The lowest BCUT2D eigenvalue weighted by molar-refractivity contribution is -0.167. The summed E-state index contributed by atoms with van der Waals surface area (Å²) in [4.78, 5) is 11.7. The second-order valence-corrected chi connectivity index (χ2v) is 7.47. The molecule has 0 aromatic rings. The zero-order valence-corrected chi connectivity index (χ0v) is 12.1. The van der Waals surface area contributed by atoms with Gasteiger partial charge in [-0.05, 0) is 61.7 Å². The highest BCUT2D eigenvalue weighted by Crippen LogP contribution is 2.70. The van der Waals surface area contributed by atoms with Crippen molar-refractivity contribution in [3.05, 3.63) is 12.7 Å². The Balaban J connectivity index is 1.63. The molecule has 8 atom stereocenters. The Labute approximate surface area is 120 Å². The van der Waals surface area contributed by atoms with Gasteiger partial charge in [0.05, 0.1) is 6.10 Å². The summed E-state index contributed by atoms with van der Waals surface area (Å²) in [6.45, 7) is 5.68. The standard InChI is InChI=1S/C17H24O3/c1-3-14(19)20-17(4-2)8-10-6-12(17)16-9-5-11(15(10)16)13(18)7-9/h3,9-13,15-16,18H,1,4-8H2,2H3. The van der Waals surface area contributed by atoms with Crippen molar-refractivity contribution < 1.29 is 14.6 Å². The first-order valence-electron chi connectivity index (χ1n) is 8.13. The molecule has 4 rings (SSSR count). The van der Waals surface area contributed by atoms with Gasteiger partial charge in [-0.3, -0.25) is 0 Å². The van der Waals surface area contributed by atoms with Crippen molar-refractivity contribution in [1.82, 2.24) is 0 Å². The molecule has 4 fully saturated rings. The maximum absolute atomic E-state index is 11.7. The van der Waals surface area contributed by atoms with Crippen molar-refractivity contribution in [3.63, 3.8) is 0 Å². The quantitative estimate of drug-likeness (QED) is 0.489. The Kier molecular flexibility index (Phi) is 2.64. The molecule has 0 aromatic carbocycles. The number of carbonyl (C=O) groups excluding carboxylic acids is 1. The molecule has 4 bridgehead atoms. The van der Waals surface area contributed by atoms with Crippen LogP contribution in [0.1, 0.15) is 39.0 Å². The minimum atomic E-state index is -0.265. The third-order valence-electron chi connectivity index (χ3n) is 7.01. The Morgan fingerprint density at radius 2 is 2.15 bits per heavy atom. The Morgan fingerprint density at radius 3 is 2.85 bits per heavy atom. The van der Waals surface area contributed by atoms with E-state index in [1.807, 2.05) is 0 Å². The SMILES string of the molecule is C=CC(=O)OC1(CC)CC2CC1C1C3CC(O)C(C3)C21. The molecule has 4 saturated carbocycles. The molecule has 8 unspecified atom stereocenters. The van der Waals surface area contributed by atoms with Crippen LogP contribution < -0.4 is 0 Å². The van der Waals surface area contributed by atoms with Gasteiger partial charge in [0.2, 0.25) is 0 Å². The van der Waals surface area contributed by atoms with Gasteiger partial charge in [-0.15, -0.1) is 0 Å². The largest absolute Gasteiger partial charge is 0.456 e. The highest BCUT2D eigenvalue weighted by atomic mass is 16.6. The van der Waals surface area contributed by atoms with E-state index in [0.29, 0.717) is 35.5 Å². The summed E-state index contributed by atoms with van der Waals surface area (Å²) in [6.07, 6.45) is 6.54. The van der Waals surface area contributed by atoms with Gasteiger partial charge in [0, 0.05) is 12.0 Å². The molecule has 1 N–H and O–H groups in total. The zero-order chi connectivity index (χ0) is 14.1.